The number of rotatable bonds is 5. The lowest BCUT2D eigenvalue weighted by molar-refractivity contribution is 0.0689. The summed E-state index contributed by atoms with van der Waals surface area (Å²) in [7, 11) is 0. The maximum atomic E-state index is 11.1. The minimum Gasteiger partial charge on any atom is -0.476 e. The molecule has 8 heteroatoms. The van der Waals surface area contributed by atoms with Gasteiger partial charge in [0.1, 0.15) is 5.01 Å². The summed E-state index contributed by atoms with van der Waals surface area (Å²) in [6, 6.07) is 0. The first-order chi connectivity index (χ1) is 8.63. The zero-order valence-electron chi connectivity index (χ0n) is 10.1. The lowest BCUT2D eigenvalue weighted by atomic mass is 10.1. The third-order valence-corrected chi connectivity index (χ3v) is 3.24. The molecule has 0 saturated heterocycles. The molecule has 0 unspecified atom stereocenters. The van der Waals surface area contributed by atoms with Gasteiger partial charge in [0.25, 0.3) is 0 Å². The monoisotopic (exact) mass is 267 g/mol. The van der Waals surface area contributed by atoms with Crippen molar-refractivity contribution in [3.63, 3.8) is 0 Å². The van der Waals surface area contributed by atoms with E-state index in [1.165, 1.54) is 16.0 Å². The van der Waals surface area contributed by atoms with Gasteiger partial charge in [0, 0.05) is 0 Å². The Morgan fingerprint density at radius 3 is 2.72 bits per heavy atom. The highest BCUT2D eigenvalue weighted by atomic mass is 32.1. The normalized spacial score (nSPS) is 10.8. The number of aromatic carboxylic acids is 1. The molecule has 0 saturated carbocycles. The molecule has 0 aromatic carbocycles. The first-order valence-electron chi connectivity index (χ1n) is 5.61. The maximum absolute atomic E-state index is 11.1. The van der Waals surface area contributed by atoms with Crippen molar-refractivity contribution in [1.29, 1.82) is 0 Å². The Labute approximate surface area is 107 Å². The quantitative estimate of drug-likeness (QED) is 0.881. The number of nitrogens with zero attached hydrogens (tertiary/aromatic N) is 5. The second-order valence-corrected chi connectivity index (χ2v) is 4.97. The summed E-state index contributed by atoms with van der Waals surface area (Å²) in [4.78, 5) is 11.1. The second-order valence-electron chi connectivity index (χ2n) is 3.81. The highest BCUT2D eigenvalue weighted by Crippen LogP contribution is 2.18. The van der Waals surface area contributed by atoms with Crippen LogP contribution in [0.1, 0.15) is 41.0 Å². The fourth-order valence-electron chi connectivity index (χ4n) is 1.56. The average molecular weight is 267 g/mol. The summed E-state index contributed by atoms with van der Waals surface area (Å²) < 4.78 is 1.48. The molecule has 7 nitrogen and oxygen atoms in total. The van der Waals surface area contributed by atoms with Gasteiger partial charge in [-0.05, 0) is 19.8 Å². The van der Waals surface area contributed by atoms with Crippen molar-refractivity contribution in [3.8, 4) is 5.13 Å². The van der Waals surface area contributed by atoms with Crippen LogP contribution in [0.15, 0.2) is 0 Å². The molecule has 0 aliphatic heterocycles. The number of carboxylic acid groups (broad SMARTS) is 1. The van der Waals surface area contributed by atoms with Crippen molar-refractivity contribution in [2.75, 3.05) is 0 Å². The molecule has 1 N–H and O–H groups in total. The third-order valence-electron chi connectivity index (χ3n) is 2.43. The molecular formula is C10H13N5O2S. The van der Waals surface area contributed by atoms with E-state index in [4.69, 9.17) is 5.11 Å². The van der Waals surface area contributed by atoms with Crippen LogP contribution in [0.2, 0.25) is 0 Å². The minimum absolute atomic E-state index is 0.00342. The van der Waals surface area contributed by atoms with Crippen LogP contribution in [0.4, 0.5) is 0 Å². The summed E-state index contributed by atoms with van der Waals surface area (Å²) >= 11 is 1.36. The SMILES string of the molecule is CCCCc1c(C(=O)O)nnn1-c1nnc(C)s1. The maximum Gasteiger partial charge on any atom is 0.358 e. The van der Waals surface area contributed by atoms with Crippen LogP contribution in [0, 0.1) is 6.92 Å². The number of hydrogen-bond donors (Lipinski definition) is 1. The molecule has 0 radical (unpaired) electrons. The van der Waals surface area contributed by atoms with E-state index in [9.17, 15) is 4.79 Å². The van der Waals surface area contributed by atoms with E-state index in [1.807, 2.05) is 13.8 Å². The van der Waals surface area contributed by atoms with Gasteiger partial charge in [-0.15, -0.1) is 15.3 Å². The molecule has 2 aromatic rings. The van der Waals surface area contributed by atoms with Gasteiger partial charge >= 0.3 is 5.97 Å². The summed E-state index contributed by atoms with van der Waals surface area (Å²) in [5.41, 5.74) is 0.580. The zero-order valence-corrected chi connectivity index (χ0v) is 10.9. The van der Waals surface area contributed by atoms with Crippen LogP contribution in [-0.4, -0.2) is 36.3 Å². The molecule has 0 aliphatic carbocycles. The lowest BCUT2D eigenvalue weighted by Crippen LogP contribution is -2.07. The molecular weight excluding hydrogens is 254 g/mol. The van der Waals surface area contributed by atoms with E-state index in [1.54, 1.807) is 0 Å². The van der Waals surface area contributed by atoms with E-state index in [2.05, 4.69) is 20.5 Å². The smallest absolute Gasteiger partial charge is 0.358 e. The first-order valence-corrected chi connectivity index (χ1v) is 6.43. The second kappa shape index (κ2) is 5.21. The predicted octanol–water partition coefficient (Wildman–Crippen LogP) is 1.47. The molecule has 2 aromatic heterocycles. The van der Waals surface area contributed by atoms with Gasteiger partial charge in [-0.2, -0.15) is 4.68 Å². The molecule has 18 heavy (non-hydrogen) atoms. The average Bonchev–Trinajstić information content (AvgIpc) is 2.91. The highest BCUT2D eigenvalue weighted by Gasteiger charge is 2.20. The van der Waals surface area contributed by atoms with Crippen molar-refractivity contribution < 1.29 is 9.90 Å². The minimum atomic E-state index is -1.06. The van der Waals surface area contributed by atoms with E-state index < -0.39 is 5.97 Å². The first kappa shape index (κ1) is 12.6. The fraction of sp³-hybridized carbons (Fsp3) is 0.500. The van der Waals surface area contributed by atoms with Gasteiger partial charge in [-0.3, -0.25) is 0 Å². The Hall–Kier alpha value is -1.83. The molecule has 0 fully saturated rings. The van der Waals surface area contributed by atoms with Gasteiger partial charge in [0.05, 0.1) is 5.69 Å². The number of hydrogen-bond acceptors (Lipinski definition) is 6. The van der Waals surface area contributed by atoms with Gasteiger partial charge in [-0.25, -0.2) is 4.79 Å². The summed E-state index contributed by atoms with van der Waals surface area (Å²) in [5, 5.41) is 25.9. The number of aryl methyl sites for hydroxylation is 1. The summed E-state index contributed by atoms with van der Waals surface area (Å²) in [5.74, 6) is -1.06. The molecule has 0 spiro atoms. The Bertz CT molecular complexity index is 562. The van der Waals surface area contributed by atoms with Crippen LogP contribution in [0.5, 0.6) is 0 Å². The van der Waals surface area contributed by atoms with Gasteiger partial charge in [0.15, 0.2) is 5.69 Å². The predicted molar refractivity (Wildman–Crippen MR) is 65.1 cm³/mol. The van der Waals surface area contributed by atoms with Gasteiger partial charge in [0.2, 0.25) is 5.13 Å². The highest BCUT2D eigenvalue weighted by molar-refractivity contribution is 7.13. The standard InChI is InChI=1S/C10H13N5O2S/c1-3-4-5-7-8(9(16)17)12-14-15(7)10-13-11-6(2)18-10/h3-5H2,1-2H3,(H,16,17). The largest absolute Gasteiger partial charge is 0.476 e. The van der Waals surface area contributed by atoms with Crippen molar-refractivity contribution in [2.24, 2.45) is 0 Å². The van der Waals surface area contributed by atoms with Crippen molar-refractivity contribution in [3.05, 3.63) is 16.4 Å². The number of aromatic nitrogens is 5. The molecule has 2 heterocycles. The van der Waals surface area contributed by atoms with Crippen LogP contribution in [0.3, 0.4) is 0 Å². The molecule has 0 amide bonds. The molecule has 2 rings (SSSR count). The van der Waals surface area contributed by atoms with Crippen molar-refractivity contribution >= 4 is 17.3 Å². The Kier molecular flexibility index (Phi) is 3.66. The Balaban J connectivity index is 2.43. The molecule has 0 atom stereocenters. The van der Waals surface area contributed by atoms with Crippen LogP contribution in [0.25, 0.3) is 5.13 Å². The summed E-state index contributed by atoms with van der Waals surface area (Å²) in [6.45, 7) is 3.88. The summed E-state index contributed by atoms with van der Waals surface area (Å²) in [6.07, 6.45) is 2.47. The molecule has 96 valence electrons. The number of carbonyl (C=O) groups is 1. The molecule has 0 bridgehead atoms. The van der Waals surface area contributed by atoms with E-state index in [0.717, 1.165) is 17.8 Å². The van der Waals surface area contributed by atoms with E-state index in [0.29, 0.717) is 17.2 Å². The van der Waals surface area contributed by atoms with Crippen molar-refractivity contribution in [2.45, 2.75) is 33.1 Å². The Morgan fingerprint density at radius 1 is 1.39 bits per heavy atom. The zero-order chi connectivity index (χ0) is 13.1. The third kappa shape index (κ3) is 2.37. The van der Waals surface area contributed by atoms with Gasteiger partial charge < -0.3 is 5.11 Å². The number of unbranched alkanes of at least 4 members (excludes halogenated alkanes) is 1. The lowest BCUT2D eigenvalue weighted by Gasteiger charge is -2.02. The van der Waals surface area contributed by atoms with Crippen LogP contribution in [-0.2, 0) is 6.42 Å². The van der Waals surface area contributed by atoms with Crippen LogP contribution >= 0.6 is 11.3 Å². The van der Waals surface area contributed by atoms with Crippen molar-refractivity contribution in [1.82, 2.24) is 25.2 Å². The van der Waals surface area contributed by atoms with E-state index in [-0.39, 0.29) is 5.69 Å². The van der Waals surface area contributed by atoms with Crippen LogP contribution < -0.4 is 0 Å². The topological polar surface area (TPSA) is 93.8 Å². The van der Waals surface area contributed by atoms with Gasteiger partial charge in [-0.1, -0.05) is 29.9 Å². The molecule has 0 aliphatic rings. The van der Waals surface area contributed by atoms with E-state index >= 15 is 0 Å². The Morgan fingerprint density at radius 2 is 2.17 bits per heavy atom. The fourth-order valence-corrected chi connectivity index (χ4v) is 2.22. The number of carboxylic acids is 1.